The van der Waals surface area contributed by atoms with Gasteiger partial charge in [0.15, 0.2) is 0 Å². The predicted octanol–water partition coefficient (Wildman–Crippen LogP) is 3.61. The van der Waals surface area contributed by atoms with Gasteiger partial charge in [-0.1, -0.05) is 6.42 Å². The summed E-state index contributed by atoms with van der Waals surface area (Å²) in [6, 6.07) is 2.14. The quantitative estimate of drug-likeness (QED) is 0.937. The highest BCUT2D eigenvalue weighted by atomic mass is 32.1. The number of aromatic nitrogens is 2. The number of rotatable bonds is 4. The molecular formula is C16H22N4S. The molecule has 4 nitrogen and oxygen atoms in total. The molecule has 0 saturated heterocycles. The molecule has 4 rings (SSSR count). The van der Waals surface area contributed by atoms with Crippen LogP contribution in [0.25, 0.3) is 10.2 Å². The molecule has 2 aliphatic carbocycles. The van der Waals surface area contributed by atoms with E-state index in [1.54, 1.807) is 11.3 Å². The van der Waals surface area contributed by atoms with Gasteiger partial charge in [0, 0.05) is 20.6 Å². The van der Waals surface area contributed by atoms with Crippen molar-refractivity contribution in [2.45, 2.75) is 25.7 Å². The van der Waals surface area contributed by atoms with Crippen LogP contribution < -0.4 is 10.2 Å². The molecule has 0 aromatic carbocycles. The fourth-order valence-electron chi connectivity index (χ4n) is 4.28. The van der Waals surface area contributed by atoms with Gasteiger partial charge in [0.25, 0.3) is 0 Å². The molecule has 5 heteroatoms. The van der Waals surface area contributed by atoms with Crippen molar-refractivity contribution in [3.05, 3.63) is 11.4 Å². The molecule has 0 amide bonds. The number of anilines is 2. The zero-order chi connectivity index (χ0) is 14.4. The first kappa shape index (κ1) is 13.3. The Hall–Kier alpha value is -1.36. The van der Waals surface area contributed by atoms with Crippen LogP contribution in [0.1, 0.15) is 25.7 Å². The first-order valence-corrected chi connectivity index (χ1v) is 8.76. The van der Waals surface area contributed by atoms with Gasteiger partial charge in [0.05, 0.1) is 5.39 Å². The van der Waals surface area contributed by atoms with Crippen LogP contribution >= 0.6 is 11.3 Å². The Kier molecular flexibility index (Phi) is 3.25. The summed E-state index contributed by atoms with van der Waals surface area (Å²) in [5.74, 6) is 4.62. The van der Waals surface area contributed by atoms with Gasteiger partial charge in [-0.2, -0.15) is 4.98 Å². The van der Waals surface area contributed by atoms with Crippen LogP contribution in [0, 0.1) is 17.8 Å². The Morgan fingerprint density at radius 1 is 1.33 bits per heavy atom. The fraction of sp³-hybridized carbons (Fsp3) is 0.625. The van der Waals surface area contributed by atoms with Gasteiger partial charge in [-0.25, -0.2) is 4.98 Å². The average molecular weight is 302 g/mol. The molecule has 2 aromatic heterocycles. The minimum atomic E-state index is 0.722. The first-order valence-electron chi connectivity index (χ1n) is 7.88. The molecule has 112 valence electrons. The minimum Gasteiger partial charge on any atom is -0.359 e. The van der Waals surface area contributed by atoms with Gasteiger partial charge in [0.1, 0.15) is 10.6 Å². The molecule has 2 heterocycles. The number of nitrogens with zero attached hydrogens (tertiary/aromatic N) is 3. The largest absolute Gasteiger partial charge is 0.359 e. The summed E-state index contributed by atoms with van der Waals surface area (Å²) < 4.78 is 0. The Morgan fingerprint density at radius 3 is 2.95 bits per heavy atom. The van der Waals surface area contributed by atoms with E-state index in [0.29, 0.717) is 0 Å². The predicted molar refractivity (Wildman–Crippen MR) is 89.2 cm³/mol. The highest BCUT2D eigenvalue weighted by Gasteiger charge is 2.39. The molecule has 2 saturated carbocycles. The molecule has 3 atom stereocenters. The number of hydrogen-bond donors (Lipinski definition) is 1. The molecule has 2 aromatic rings. The van der Waals surface area contributed by atoms with Crippen molar-refractivity contribution in [2.24, 2.45) is 17.8 Å². The smallest absolute Gasteiger partial charge is 0.225 e. The van der Waals surface area contributed by atoms with Crippen molar-refractivity contribution in [3.8, 4) is 0 Å². The summed E-state index contributed by atoms with van der Waals surface area (Å²) >= 11 is 1.69. The van der Waals surface area contributed by atoms with Gasteiger partial charge >= 0.3 is 0 Å². The molecular weight excluding hydrogens is 280 g/mol. The molecule has 0 aliphatic heterocycles. The summed E-state index contributed by atoms with van der Waals surface area (Å²) in [5.41, 5.74) is 0. The molecule has 21 heavy (non-hydrogen) atoms. The highest BCUT2D eigenvalue weighted by Crippen LogP contribution is 2.48. The molecule has 3 unspecified atom stereocenters. The molecule has 0 radical (unpaired) electrons. The second-order valence-corrected chi connectivity index (χ2v) is 7.47. The average Bonchev–Trinajstić information content (AvgIpc) is 3.21. The van der Waals surface area contributed by atoms with Gasteiger partial charge in [0.2, 0.25) is 5.95 Å². The lowest BCUT2D eigenvalue weighted by Gasteiger charge is -2.28. The molecule has 1 N–H and O–H groups in total. The lowest BCUT2D eigenvalue weighted by atomic mass is 9.88. The SMILES string of the molecule is CNc1nc(N(C)CC2CC3CCC2C3)c2ccsc2n1. The third-order valence-corrected chi connectivity index (χ3v) is 6.09. The lowest BCUT2D eigenvalue weighted by molar-refractivity contribution is 0.337. The van der Waals surface area contributed by atoms with E-state index in [0.717, 1.165) is 40.9 Å². The fourth-order valence-corrected chi connectivity index (χ4v) is 5.04. The number of thiophene rings is 1. The summed E-state index contributed by atoms with van der Waals surface area (Å²) in [6.07, 6.45) is 5.81. The van der Waals surface area contributed by atoms with E-state index < -0.39 is 0 Å². The van der Waals surface area contributed by atoms with Gasteiger partial charge in [-0.3, -0.25) is 0 Å². The number of fused-ring (bicyclic) bond motifs is 3. The van der Waals surface area contributed by atoms with Crippen LogP contribution in [0.15, 0.2) is 11.4 Å². The number of hydrogen-bond acceptors (Lipinski definition) is 5. The van der Waals surface area contributed by atoms with Crippen LogP contribution in [0.2, 0.25) is 0 Å². The van der Waals surface area contributed by atoms with E-state index in [2.05, 4.69) is 33.7 Å². The zero-order valence-corrected chi connectivity index (χ0v) is 13.5. The molecule has 2 bridgehead atoms. The van der Waals surface area contributed by atoms with E-state index in [-0.39, 0.29) is 0 Å². The second-order valence-electron chi connectivity index (χ2n) is 6.58. The Bertz CT molecular complexity index is 653. The lowest BCUT2D eigenvalue weighted by Crippen LogP contribution is -2.29. The molecule has 2 aliphatic rings. The van der Waals surface area contributed by atoms with Gasteiger partial charge in [-0.15, -0.1) is 11.3 Å². The maximum Gasteiger partial charge on any atom is 0.225 e. The van der Waals surface area contributed by atoms with Crippen LogP contribution in [0.4, 0.5) is 11.8 Å². The van der Waals surface area contributed by atoms with E-state index >= 15 is 0 Å². The van der Waals surface area contributed by atoms with Crippen molar-refractivity contribution >= 4 is 33.3 Å². The van der Waals surface area contributed by atoms with Crippen molar-refractivity contribution < 1.29 is 0 Å². The zero-order valence-electron chi connectivity index (χ0n) is 12.7. The summed E-state index contributed by atoms with van der Waals surface area (Å²) in [5, 5.41) is 6.37. The van der Waals surface area contributed by atoms with Crippen LogP contribution in [0.5, 0.6) is 0 Å². The Balaban J connectivity index is 1.61. The van der Waals surface area contributed by atoms with E-state index in [1.807, 2.05) is 7.05 Å². The first-order chi connectivity index (χ1) is 10.2. The van der Waals surface area contributed by atoms with Crippen LogP contribution in [0.3, 0.4) is 0 Å². The third-order valence-electron chi connectivity index (χ3n) is 5.28. The highest BCUT2D eigenvalue weighted by molar-refractivity contribution is 7.16. The molecule has 0 spiro atoms. The maximum absolute atomic E-state index is 4.71. The van der Waals surface area contributed by atoms with Gasteiger partial charge in [-0.05, 0) is 48.5 Å². The van der Waals surface area contributed by atoms with E-state index in [4.69, 9.17) is 4.98 Å². The normalized spacial score (nSPS) is 27.4. The maximum atomic E-state index is 4.71. The van der Waals surface area contributed by atoms with Crippen molar-refractivity contribution in [3.63, 3.8) is 0 Å². The topological polar surface area (TPSA) is 41.1 Å². The van der Waals surface area contributed by atoms with Crippen molar-refractivity contribution in [1.29, 1.82) is 0 Å². The van der Waals surface area contributed by atoms with Crippen molar-refractivity contribution in [2.75, 3.05) is 30.9 Å². The van der Waals surface area contributed by atoms with Crippen LogP contribution in [-0.4, -0.2) is 30.6 Å². The Morgan fingerprint density at radius 2 is 2.24 bits per heavy atom. The third kappa shape index (κ3) is 2.27. The van der Waals surface area contributed by atoms with Crippen molar-refractivity contribution in [1.82, 2.24) is 9.97 Å². The van der Waals surface area contributed by atoms with Crippen LogP contribution in [-0.2, 0) is 0 Å². The summed E-state index contributed by atoms with van der Waals surface area (Å²) in [6.45, 7) is 1.13. The molecule has 2 fully saturated rings. The summed E-state index contributed by atoms with van der Waals surface area (Å²) in [7, 11) is 4.07. The number of nitrogens with one attached hydrogen (secondary N) is 1. The summed E-state index contributed by atoms with van der Waals surface area (Å²) in [4.78, 5) is 12.7. The van der Waals surface area contributed by atoms with Gasteiger partial charge < -0.3 is 10.2 Å². The van der Waals surface area contributed by atoms with E-state index in [1.165, 1.54) is 31.1 Å². The van der Waals surface area contributed by atoms with E-state index in [9.17, 15) is 0 Å². The Labute approximate surface area is 129 Å². The monoisotopic (exact) mass is 302 g/mol. The standard InChI is InChI=1S/C16H22N4S/c1-17-16-18-14(13-5-6-21-15(13)19-16)20(2)9-12-8-10-3-4-11(12)7-10/h5-6,10-12H,3-4,7-9H2,1-2H3,(H,17,18,19). The second kappa shape index (κ2) is 5.13. The minimum absolute atomic E-state index is 0.722.